The fraction of sp³-hybridized carbons (Fsp3) is 0.462. The van der Waals surface area contributed by atoms with E-state index in [9.17, 15) is 13.2 Å². The molecule has 6 heteroatoms. The van der Waals surface area contributed by atoms with Crippen LogP contribution in [0.5, 0.6) is 0 Å². The summed E-state index contributed by atoms with van der Waals surface area (Å²) in [6, 6.07) is 6.39. The van der Waals surface area contributed by atoms with Gasteiger partial charge in [0.1, 0.15) is 6.04 Å². The van der Waals surface area contributed by atoms with E-state index in [1.165, 1.54) is 7.11 Å². The maximum absolute atomic E-state index is 11.9. The van der Waals surface area contributed by atoms with E-state index in [0.717, 1.165) is 11.1 Å². The number of sulfone groups is 1. The number of nitrogens with one attached hydrogen (secondary N) is 1. The molecule has 1 aromatic rings. The number of rotatable bonds is 2. The molecule has 0 saturated carbocycles. The number of carbonyl (C=O) groups excluding carboxylic acids is 1. The molecule has 1 saturated heterocycles. The lowest BCUT2D eigenvalue weighted by Crippen LogP contribution is -2.51. The molecule has 1 aromatic carbocycles. The van der Waals surface area contributed by atoms with E-state index in [1.807, 2.05) is 31.2 Å². The number of carbonyl (C=O) groups is 1. The Bertz CT molecular complexity index is 582. The molecule has 19 heavy (non-hydrogen) atoms. The van der Waals surface area contributed by atoms with Gasteiger partial charge in [-0.05, 0) is 18.1 Å². The molecule has 2 rings (SSSR count). The second kappa shape index (κ2) is 5.30. The van der Waals surface area contributed by atoms with Crippen molar-refractivity contribution in [1.29, 1.82) is 0 Å². The fourth-order valence-corrected chi connectivity index (χ4v) is 4.01. The summed E-state index contributed by atoms with van der Waals surface area (Å²) in [7, 11) is -2.01. The van der Waals surface area contributed by atoms with Crippen molar-refractivity contribution in [1.82, 2.24) is 5.32 Å². The molecule has 0 spiro atoms. The molecular weight excluding hydrogens is 266 g/mol. The maximum Gasteiger partial charge on any atom is 0.323 e. The third-order valence-electron chi connectivity index (χ3n) is 3.29. The van der Waals surface area contributed by atoms with E-state index in [1.54, 1.807) is 0 Å². The molecule has 104 valence electrons. The van der Waals surface area contributed by atoms with Crippen LogP contribution in [0.2, 0.25) is 0 Å². The second-order valence-electron chi connectivity index (χ2n) is 4.73. The van der Waals surface area contributed by atoms with E-state index in [4.69, 9.17) is 0 Å². The van der Waals surface area contributed by atoms with Gasteiger partial charge in [-0.1, -0.05) is 24.3 Å². The standard InChI is InChI=1S/C13H17NO4S/c1-9-5-3-4-6-10(9)11-7-19(16,17)8-12(14-11)13(15)18-2/h3-6,11-12,14H,7-8H2,1-2H3. The SMILES string of the molecule is COC(=O)C1CS(=O)(=O)CC(c2ccccc2C)N1. The highest BCUT2D eigenvalue weighted by atomic mass is 32.2. The first kappa shape index (κ1) is 14.0. The highest BCUT2D eigenvalue weighted by Crippen LogP contribution is 2.24. The van der Waals surface area contributed by atoms with Gasteiger partial charge >= 0.3 is 5.97 Å². The summed E-state index contributed by atoms with van der Waals surface area (Å²) in [4.78, 5) is 11.6. The normalized spacial score (nSPS) is 25.8. The van der Waals surface area contributed by atoms with Crippen LogP contribution in [-0.4, -0.2) is 39.0 Å². The summed E-state index contributed by atoms with van der Waals surface area (Å²) in [5, 5.41) is 3.06. The van der Waals surface area contributed by atoms with Crippen molar-refractivity contribution in [2.75, 3.05) is 18.6 Å². The molecule has 1 fully saturated rings. The molecule has 0 aliphatic carbocycles. The van der Waals surface area contributed by atoms with Gasteiger partial charge in [-0.2, -0.15) is 0 Å². The van der Waals surface area contributed by atoms with Gasteiger partial charge in [0.05, 0.1) is 18.6 Å². The molecule has 0 aromatic heterocycles. The quantitative estimate of drug-likeness (QED) is 0.805. The summed E-state index contributed by atoms with van der Waals surface area (Å²) >= 11 is 0. The minimum absolute atomic E-state index is 0.00531. The first-order valence-electron chi connectivity index (χ1n) is 6.03. The van der Waals surface area contributed by atoms with E-state index in [2.05, 4.69) is 10.1 Å². The Balaban J connectivity index is 2.31. The van der Waals surface area contributed by atoms with Gasteiger partial charge in [0.25, 0.3) is 0 Å². The van der Waals surface area contributed by atoms with E-state index in [0.29, 0.717) is 0 Å². The zero-order valence-electron chi connectivity index (χ0n) is 10.9. The smallest absolute Gasteiger partial charge is 0.323 e. The summed E-state index contributed by atoms with van der Waals surface area (Å²) in [6.07, 6.45) is 0. The van der Waals surface area contributed by atoms with Crippen molar-refractivity contribution in [3.8, 4) is 0 Å². The van der Waals surface area contributed by atoms with Crippen LogP contribution in [0, 0.1) is 6.92 Å². The largest absolute Gasteiger partial charge is 0.468 e. The van der Waals surface area contributed by atoms with Crippen LogP contribution < -0.4 is 5.32 Å². The molecule has 1 heterocycles. The van der Waals surface area contributed by atoms with Crippen LogP contribution in [0.3, 0.4) is 0 Å². The molecule has 0 bridgehead atoms. The van der Waals surface area contributed by atoms with Gasteiger partial charge < -0.3 is 4.74 Å². The Morgan fingerprint density at radius 3 is 2.63 bits per heavy atom. The van der Waals surface area contributed by atoms with Gasteiger partial charge in [-0.15, -0.1) is 0 Å². The molecule has 0 amide bonds. The van der Waals surface area contributed by atoms with Crippen molar-refractivity contribution < 1.29 is 17.9 Å². The number of ether oxygens (including phenoxy) is 1. The van der Waals surface area contributed by atoms with Crippen molar-refractivity contribution in [3.63, 3.8) is 0 Å². The Kier molecular flexibility index (Phi) is 3.91. The number of benzene rings is 1. The Morgan fingerprint density at radius 1 is 1.32 bits per heavy atom. The predicted octanol–water partition coefficient (Wildman–Crippen LogP) is 0.596. The zero-order valence-corrected chi connectivity index (χ0v) is 11.7. The number of esters is 1. The Morgan fingerprint density at radius 2 is 2.00 bits per heavy atom. The highest BCUT2D eigenvalue weighted by Gasteiger charge is 2.36. The van der Waals surface area contributed by atoms with Crippen molar-refractivity contribution in [3.05, 3.63) is 35.4 Å². The minimum atomic E-state index is -3.26. The molecule has 1 aliphatic heterocycles. The third-order valence-corrected chi connectivity index (χ3v) is 4.98. The monoisotopic (exact) mass is 283 g/mol. The van der Waals surface area contributed by atoms with Crippen LogP contribution in [0.1, 0.15) is 17.2 Å². The Labute approximate surface area is 112 Å². The van der Waals surface area contributed by atoms with Crippen molar-refractivity contribution in [2.45, 2.75) is 19.0 Å². The topological polar surface area (TPSA) is 72.5 Å². The molecular formula is C13H17NO4S. The first-order valence-corrected chi connectivity index (χ1v) is 7.85. The number of methoxy groups -OCH3 is 1. The van der Waals surface area contributed by atoms with E-state index in [-0.39, 0.29) is 17.5 Å². The lowest BCUT2D eigenvalue weighted by molar-refractivity contribution is -0.142. The number of hydrogen-bond donors (Lipinski definition) is 1. The molecule has 2 unspecified atom stereocenters. The van der Waals surface area contributed by atoms with Gasteiger partial charge in [-0.25, -0.2) is 8.42 Å². The van der Waals surface area contributed by atoms with Crippen LogP contribution in [-0.2, 0) is 19.4 Å². The van der Waals surface area contributed by atoms with Gasteiger partial charge in [0.2, 0.25) is 0 Å². The van der Waals surface area contributed by atoms with E-state index >= 15 is 0 Å². The predicted molar refractivity (Wildman–Crippen MR) is 71.5 cm³/mol. The minimum Gasteiger partial charge on any atom is -0.468 e. The summed E-state index contributed by atoms with van der Waals surface area (Å²) in [6.45, 7) is 1.92. The fourth-order valence-electron chi connectivity index (χ4n) is 2.35. The van der Waals surface area contributed by atoms with Crippen molar-refractivity contribution >= 4 is 15.8 Å². The van der Waals surface area contributed by atoms with Crippen LogP contribution >= 0.6 is 0 Å². The summed E-state index contributed by atoms with van der Waals surface area (Å²) in [5.41, 5.74) is 1.90. The van der Waals surface area contributed by atoms with Gasteiger partial charge in [0.15, 0.2) is 9.84 Å². The summed E-state index contributed by atoms with van der Waals surface area (Å²) in [5.74, 6) is -0.741. The van der Waals surface area contributed by atoms with Crippen LogP contribution in [0.15, 0.2) is 24.3 Å². The zero-order chi connectivity index (χ0) is 14.0. The van der Waals surface area contributed by atoms with Crippen LogP contribution in [0.4, 0.5) is 0 Å². The highest BCUT2D eigenvalue weighted by molar-refractivity contribution is 7.91. The van der Waals surface area contributed by atoms with Crippen LogP contribution in [0.25, 0.3) is 0 Å². The molecule has 0 radical (unpaired) electrons. The average Bonchev–Trinajstić information content (AvgIpc) is 2.36. The molecule has 2 atom stereocenters. The Hall–Kier alpha value is -1.40. The number of hydrogen-bond acceptors (Lipinski definition) is 5. The second-order valence-corrected chi connectivity index (χ2v) is 6.88. The molecule has 1 N–H and O–H groups in total. The lowest BCUT2D eigenvalue weighted by Gasteiger charge is -2.30. The van der Waals surface area contributed by atoms with Crippen molar-refractivity contribution in [2.24, 2.45) is 0 Å². The van der Waals surface area contributed by atoms with Gasteiger partial charge in [-0.3, -0.25) is 10.1 Å². The lowest BCUT2D eigenvalue weighted by atomic mass is 10.0. The molecule has 1 aliphatic rings. The maximum atomic E-state index is 11.9. The summed E-state index contributed by atoms with van der Waals surface area (Å²) < 4.78 is 28.5. The molecule has 5 nitrogen and oxygen atoms in total. The first-order chi connectivity index (χ1) is 8.93. The van der Waals surface area contributed by atoms with E-state index < -0.39 is 21.8 Å². The van der Waals surface area contributed by atoms with Gasteiger partial charge in [0, 0.05) is 6.04 Å². The average molecular weight is 283 g/mol. The number of aryl methyl sites for hydroxylation is 1. The third kappa shape index (κ3) is 3.13.